The van der Waals surface area contributed by atoms with Crippen LogP contribution in [0.1, 0.15) is 49.6 Å². The largest absolute Gasteiger partial charge is 1.00 e. The third-order valence-electron chi connectivity index (χ3n) is 6.06. The van der Waals surface area contributed by atoms with Crippen LogP contribution in [-0.4, -0.2) is 4.98 Å². The highest BCUT2D eigenvalue weighted by atomic mass is 35.5. The van der Waals surface area contributed by atoms with Crippen molar-refractivity contribution in [3.63, 3.8) is 0 Å². The van der Waals surface area contributed by atoms with Gasteiger partial charge in [0.25, 0.3) is 0 Å². The molecule has 0 amide bonds. The smallest absolute Gasteiger partial charge is 0.125 e. The third kappa shape index (κ3) is 3.79. The third-order valence-corrected chi connectivity index (χ3v) is 7.24. The molecule has 0 aliphatic heterocycles. The summed E-state index contributed by atoms with van der Waals surface area (Å²) in [4.78, 5) is 7.90. The Kier molecular flexibility index (Phi) is 5.74. The molecule has 5 rings (SSSR count). The van der Waals surface area contributed by atoms with E-state index in [-0.39, 0.29) is 17.8 Å². The lowest BCUT2D eigenvalue weighted by molar-refractivity contribution is -0.00000610. The molecule has 2 heterocycles. The van der Waals surface area contributed by atoms with Gasteiger partial charge in [-0.05, 0) is 59.4 Å². The minimum absolute atomic E-state index is 0. The number of halogens is 1. The Morgan fingerprint density at radius 1 is 0.833 bits per heavy atom. The first-order valence-corrected chi connectivity index (χ1v) is 11.4. The van der Waals surface area contributed by atoms with E-state index in [1.165, 1.54) is 58.2 Å². The number of fused-ring (bicyclic) bond motifs is 3. The SMILES string of the molecule is CC(C)(C)c1ccc(-c2cc(-c3ccccc3)c3c4c(sc3n2)CCCC4)cc1.[Cl-]. The van der Waals surface area contributed by atoms with Gasteiger partial charge in [-0.1, -0.05) is 75.4 Å². The molecular weight excluding hydrogens is 406 g/mol. The zero-order chi connectivity index (χ0) is 20.0. The van der Waals surface area contributed by atoms with Crippen molar-refractivity contribution in [3.05, 3.63) is 76.7 Å². The number of aryl methyl sites for hydroxylation is 2. The topological polar surface area (TPSA) is 12.9 Å². The van der Waals surface area contributed by atoms with Crippen molar-refractivity contribution in [3.8, 4) is 22.4 Å². The summed E-state index contributed by atoms with van der Waals surface area (Å²) in [7, 11) is 0. The van der Waals surface area contributed by atoms with E-state index in [0.717, 1.165) is 5.69 Å². The molecule has 0 atom stereocenters. The summed E-state index contributed by atoms with van der Waals surface area (Å²) in [5, 5.41) is 1.39. The Hall–Kier alpha value is -2.16. The number of hydrogen-bond acceptors (Lipinski definition) is 2. The van der Waals surface area contributed by atoms with Crippen molar-refractivity contribution in [1.29, 1.82) is 0 Å². The van der Waals surface area contributed by atoms with Gasteiger partial charge in [-0.25, -0.2) is 4.98 Å². The second kappa shape index (κ2) is 8.17. The lowest BCUT2D eigenvalue weighted by atomic mass is 9.86. The fourth-order valence-electron chi connectivity index (χ4n) is 4.39. The van der Waals surface area contributed by atoms with Crippen LogP contribution in [0.2, 0.25) is 0 Å². The lowest BCUT2D eigenvalue weighted by Crippen LogP contribution is -3.00. The quantitative estimate of drug-likeness (QED) is 0.443. The van der Waals surface area contributed by atoms with Crippen molar-refractivity contribution in [1.82, 2.24) is 4.98 Å². The maximum absolute atomic E-state index is 5.15. The monoisotopic (exact) mass is 432 g/mol. The first kappa shape index (κ1) is 21.1. The molecule has 2 aromatic heterocycles. The first-order valence-electron chi connectivity index (χ1n) is 10.6. The van der Waals surface area contributed by atoms with Crippen LogP contribution in [0.5, 0.6) is 0 Å². The zero-order valence-electron chi connectivity index (χ0n) is 17.8. The van der Waals surface area contributed by atoms with Crippen molar-refractivity contribution < 1.29 is 12.4 Å². The standard InChI is InChI=1S/C27H27NS.ClH/c1-27(2,3)20-15-13-19(14-16-20)23-17-22(18-9-5-4-6-10-18)25-21-11-7-8-12-24(21)29-26(25)28-23;/h4-6,9-10,13-17H,7-8,11-12H2,1-3H3;1H/p-1. The molecule has 3 heteroatoms. The van der Waals surface area contributed by atoms with Gasteiger partial charge in [0.05, 0.1) is 5.69 Å². The Bertz CT molecular complexity index is 1170. The van der Waals surface area contributed by atoms with E-state index in [2.05, 4.69) is 81.4 Å². The van der Waals surface area contributed by atoms with Crippen LogP contribution in [0.4, 0.5) is 0 Å². The molecule has 0 saturated carbocycles. The summed E-state index contributed by atoms with van der Waals surface area (Å²) in [6, 6.07) is 22.1. The minimum atomic E-state index is 0. The predicted molar refractivity (Wildman–Crippen MR) is 126 cm³/mol. The Labute approximate surface area is 189 Å². The van der Waals surface area contributed by atoms with Crippen LogP contribution in [0, 0.1) is 0 Å². The summed E-state index contributed by atoms with van der Waals surface area (Å²) >= 11 is 1.91. The van der Waals surface area contributed by atoms with Crippen LogP contribution in [0.15, 0.2) is 60.7 Å². The average Bonchev–Trinajstić information content (AvgIpc) is 3.12. The molecular formula is C27H27ClNS-. The zero-order valence-corrected chi connectivity index (χ0v) is 19.4. The highest BCUT2D eigenvalue weighted by Crippen LogP contribution is 2.42. The molecule has 1 nitrogen and oxygen atoms in total. The van der Waals surface area contributed by atoms with Gasteiger partial charge in [-0.2, -0.15) is 0 Å². The molecule has 2 aromatic carbocycles. The van der Waals surface area contributed by atoms with Crippen LogP contribution < -0.4 is 12.4 Å². The molecule has 0 radical (unpaired) electrons. The van der Waals surface area contributed by atoms with E-state index in [1.54, 1.807) is 10.4 Å². The van der Waals surface area contributed by atoms with E-state index in [1.807, 2.05) is 11.3 Å². The van der Waals surface area contributed by atoms with Crippen LogP contribution in [0.25, 0.3) is 32.6 Å². The minimum Gasteiger partial charge on any atom is -1.00 e. The van der Waals surface area contributed by atoms with Gasteiger partial charge < -0.3 is 12.4 Å². The summed E-state index contributed by atoms with van der Waals surface area (Å²) in [6.45, 7) is 6.78. The highest BCUT2D eigenvalue weighted by Gasteiger charge is 2.21. The number of nitrogens with zero attached hydrogens (tertiary/aromatic N) is 1. The molecule has 1 aliphatic rings. The molecule has 0 saturated heterocycles. The normalized spacial score (nSPS) is 13.7. The number of benzene rings is 2. The number of thiophene rings is 1. The van der Waals surface area contributed by atoms with Crippen LogP contribution in [0.3, 0.4) is 0 Å². The second-order valence-corrected chi connectivity index (χ2v) is 10.2. The maximum Gasteiger partial charge on any atom is 0.125 e. The summed E-state index contributed by atoms with van der Waals surface area (Å²) in [5.41, 5.74) is 7.98. The van der Waals surface area contributed by atoms with Crippen LogP contribution >= 0.6 is 11.3 Å². The fourth-order valence-corrected chi connectivity index (χ4v) is 5.68. The van der Waals surface area contributed by atoms with Gasteiger partial charge in [0.2, 0.25) is 0 Å². The predicted octanol–water partition coefficient (Wildman–Crippen LogP) is 4.81. The number of hydrogen-bond donors (Lipinski definition) is 0. The van der Waals surface area contributed by atoms with E-state index in [4.69, 9.17) is 4.98 Å². The molecule has 0 N–H and O–H groups in total. The lowest BCUT2D eigenvalue weighted by Gasteiger charge is -2.19. The average molecular weight is 433 g/mol. The van der Waals surface area contributed by atoms with Gasteiger partial charge in [0, 0.05) is 15.8 Å². The molecule has 4 aromatic rings. The van der Waals surface area contributed by atoms with Gasteiger partial charge >= 0.3 is 0 Å². The molecule has 154 valence electrons. The van der Waals surface area contributed by atoms with E-state index in [9.17, 15) is 0 Å². The number of aromatic nitrogens is 1. The van der Waals surface area contributed by atoms with Crippen molar-refractivity contribution in [2.75, 3.05) is 0 Å². The molecule has 0 bridgehead atoms. The van der Waals surface area contributed by atoms with E-state index < -0.39 is 0 Å². The summed E-state index contributed by atoms with van der Waals surface area (Å²) < 4.78 is 0. The maximum atomic E-state index is 5.15. The van der Waals surface area contributed by atoms with Gasteiger partial charge in [0.15, 0.2) is 0 Å². The molecule has 1 aliphatic carbocycles. The molecule has 0 fully saturated rings. The van der Waals surface area contributed by atoms with Gasteiger partial charge in [-0.3, -0.25) is 0 Å². The Morgan fingerprint density at radius 3 is 2.23 bits per heavy atom. The molecule has 0 unspecified atom stereocenters. The fraction of sp³-hybridized carbons (Fsp3) is 0.296. The number of pyridine rings is 1. The first-order chi connectivity index (χ1) is 14.0. The molecule has 30 heavy (non-hydrogen) atoms. The highest BCUT2D eigenvalue weighted by molar-refractivity contribution is 7.19. The van der Waals surface area contributed by atoms with Gasteiger partial charge in [-0.15, -0.1) is 11.3 Å². The van der Waals surface area contributed by atoms with Crippen molar-refractivity contribution in [2.24, 2.45) is 0 Å². The van der Waals surface area contributed by atoms with E-state index >= 15 is 0 Å². The van der Waals surface area contributed by atoms with Gasteiger partial charge in [0.1, 0.15) is 4.83 Å². The van der Waals surface area contributed by atoms with E-state index in [0.29, 0.717) is 0 Å². The second-order valence-electron chi connectivity index (χ2n) is 9.14. The Balaban J connectivity index is 0.00000218. The van der Waals surface area contributed by atoms with Crippen molar-refractivity contribution in [2.45, 2.75) is 51.9 Å². The number of rotatable bonds is 2. The van der Waals surface area contributed by atoms with Crippen LogP contribution in [-0.2, 0) is 18.3 Å². The van der Waals surface area contributed by atoms with Crippen molar-refractivity contribution >= 4 is 21.6 Å². The molecule has 0 spiro atoms. The Morgan fingerprint density at radius 2 is 1.53 bits per heavy atom. The summed E-state index contributed by atoms with van der Waals surface area (Å²) in [6.07, 6.45) is 5.00. The summed E-state index contributed by atoms with van der Waals surface area (Å²) in [5.74, 6) is 0.